The second kappa shape index (κ2) is 9.00. The van der Waals surface area contributed by atoms with Crippen LogP contribution in [0.1, 0.15) is 34.8 Å². The van der Waals surface area contributed by atoms with E-state index in [2.05, 4.69) is 29.2 Å². The SMILES string of the molecule is O[C@H](CCc1ccccc1)c1ccc2c(c1)CN(Cc1cccc3c1OCO3)CCO2. The molecule has 3 aromatic rings. The van der Waals surface area contributed by atoms with E-state index in [1.54, 1.807) is 0 Å². The van der Waals surface area contributed by atoms with Gasteiger partial charge in [-0.25, -0.2) is 0 Å². The Morgan fingerprint density at radius 1 is 0.903 bits per heavy atom. The summed E-state index contributed by atoms with van der Waals surface area (Å²) in [4.78, 5) is 2.35. The van der Waals surface area contributed by atoms with Gasteiger partial charge in [0.15, 0.2) is 11.5 Å². The van der Waals surface area contributed by atoms with Gasteiger partial charge in [-0.05, 0) is 42.2 Å². The molecule has 0 unspecified atom stereocenters. The van der Waals surface area contributed by atoms with E-state index in [4.69, 9.17) is 14.2 Å². The first kappa shape index (κ1) is 19.9. The highest BCUT2D eigenvalue weighted by atomic mass is 16.7. The number of para-hydroxylation sites is 1. The fourth-order valence-corrected chi connectivity index (χ4v) is 4.28. The largest absolute Gasteiger partial charge is 0.492 e. The van der Waals surface area contributed by atoms with Gasteiger partial charge in [0.25, 0.3) is 0 Å². The fourth-order valence-electron chi connectivity index (χ4n) is 4.28. The number of hydrogen-bond acceptors (Lipinski definition) is 5. The second-order valence-corrected chi connectivity index (χ2v) is 8.12. The number of aryl methyl sites for hydroxylation is 1. The van der Waals surface area contributed by atoms with Crippen LogP contribution >= 0.6 is 0 Å². The Kier molecular flexibility index (Phi) is 5.78. The van der Waals surface area contributed by atoms with Crippen molar-refractivity contribution in [1.29, 1.82) is 0 Å². The Hall–Kier alpha value is -3.02. The van der Waals surface area contributed by atoms with Crippen LogP contribution in [0.3, 0.4) is 0 Å². The quantitative estimate of drug-likeness (QED) is 0.641. The molecule has 1 atom stereocenters. The van der Waals surface area contributed by atoms with E-state index in [-0.39, 0.29) is 6.79 Å². The van der Waals surface area contributed by atoms with Crippen LogP contribution in [-0.4, -0.2) is 30.0 Å². The topological polar surface area (TPSA) is 51.2 Å². The first-order valence-corrected chi connectivity index (χ1v) is 10.8. The maximum Gasteiger partial charge on any atom is 0.231 e. The Labute approximate surface area is 182 Å². The molecule has 2 heterocycles. The molecule has 3 aromatic carbocycles. The number of fused-ring (bicyclic) bond motifs is 2. The summed E-state index contributed by atoms with van der Waals surface area (Å²) in [7, 11) is 0. The monoisotopic (exact) mass is 417 g/mol. The third-order valence-corrected chi connectivity index (χ3v) is 5.95. The highest BCUT2D eigenvalue weighted by molar-refractivity contribution is 5.48. The standard InChI is InChI=1S/C26H27NO4/c28-23(11-9-19-5-2-1-3-6-19)20-10-12-24-22(15-20)17-27(13-14-29-24)16-21-7-4-8-25-26(21)31-18-30-25/h1-8,10,12,15,23,28H,9,11,13-14,16-18H2/t23-/m1/s1. The summed E-state index contributed by atoms with van der Waals surface area (Å²) in [5, 5.41) is 10.8. The maximum absolute atomic E-state index is 10.8. The van der Waals surface area contributed by atoms with Crippen LogP contribution < -0.4 is 14.2 Å². The van der Waals surface area contributed by atoms with Crippen LogP contribution in [0.2, 0.25) is 0 Å². The van der Waals surface area contributed by atoms with Gasteiger partial charge < -0.3 is 19.3 Å². The van der Waals surface area contributed by atoms with Crippen molar-refractivity contribution in [1.82, 2.24) is 4.90 Å². The molecule has 0 aromatic heterocycles. The molecule has 0 saturated heterocycles. The summed E-state index contributed by atoms with van der Waals surface area (Å²) < 4.78 is 17.2. The summed E-state index contributed by atoms with van der Waals surface area (Å²) in [6, 6.07) is 22.4. The Morgan fingerprint density at radius 3 is 2.71 bits per heavy atom. The second-order valence-electron chi connectivity index (χ2n) is 8.12. The van der Waals surface area contributed by atoms with E-state index in [1.807, 2.05) is 42.5 Å². The first-order valence-electron chi connectivity index (χ1n) is 10.8. The molecule has 0 saturated carbocycles. The third-order valence-electron chi connectivity index (χ3n) is 5.95. The average Bonchev–Trinajstić information content (AvgIpc) is 3.20. The maximum atomic E-state index is 10.8. The van der Waals surface area contributed by atoms with E-state index in [0.717, 1.165) is 60.0 Å². The molecule has 0 aliphatic carbocycles. The smallest absolute Gasteiger partial charge is 0.231 e. The number of ether oxygens (including phenoxy) is 3. The number of hydrogen-bond donors (Lipinski definition) is 1. The van der Waals surface area contributed by atoms with Crippen molar-refractivity contribution in [2.75, 3.05) is 19.9 Å². The first-order chi connectivity index (χ1) is 15.3. The van der Waals surface area contributed by atoms with Crippen LogP contribution in [0.5, 0.6) is 17.2 Å². The Morgan fingerprint density at radius 2 is 1.81 bits per heavy atom. The van der Waals surface area contributed by atoms with E-state index >= 15 is 0 Å². The molecule has 0 spiro atoms. The van der Waals surface area contributed by atoms with Crippen LogP contribution in [-0.2, 0) is 19.5 Å². The van der Waals surface area contributed by atoms with Gasteiger partial charge in [-0.2, -0.15) is 0 Å². The summed E-state index contributed by atoms with van der Waals surface area (Å²) in [6.45, 7) is 3.26. The number of aliphatic hydroxyl groups excluding tert-OH is 1. The summed E-state index contributed by atoms with van der Waals surface area (Å²) in [5.41, 5.74) is 4.42. The van der Waals surface area contributed by atoms with Gasteiger partial charge in [0.05, 0.1) is 6.10 Å². The molecule has 0 radical (unpaired) electrons. The molecular weight excluding hydrogens is 390 g/mol. The highest BCUT2D eigenvalue weighted by Gasteiger charge is 2.22. The summed E-state index contributed by atoms with van der Waals surface area (Å²) in [5.74, 6) is 2.56. The van der Waals surface area contributed by atoms with Gasteiger partial charge in [0, 0.05) is 30.8 Å². The Balaban J connectivity index is 1.29. The molecule has 5 nitrogen and oxygen atoms in total. The number of nitrogens with zero attached hydrogens (tertiary/aromatic N) is 1. The van der Waals surface area contributed by atoms with E-state index in [0.29, 0.717) is 13.0 Å². The van der Waals surface area contributed by atoms with Crippen molar-refractivity contribution < 1.29 is 19.3 Å². The fraction of sp³-hybridized carbons (Fsp3) is 0.308. The lowest BCUT2D eigenvalue weighted by Crippen LogP contribution is -2.25. The van der Waals surface area contributed by atoms with Crippen LogP contribution in [0.25, 0.3) is 0 Å². The zero-order valence-corrected chi connectivity index (χ0v) is 17.5. The molecule has 5 rings (SSSR count). The lowest BCUT2D eigenvalue weighted by Gasteiger charge is -2.20. The van der Waals surface area contributed by atoms with Gasteiger partial charge in [-0.15, -0.1) is 0 Å². The van der Waals surface area contributed by atoms with Gasteiger partial charge >= 0.3 is 0 Å². The zero-order chi connectivity index (χ0) is 21.0. The molecule has 0 amide bonds. The summed E-state index contributed by atoms with van der Waals surface area (Å²) >= 11 is 0. The van der Waals surface area contributed by atoms with E-state index in [1.165, 1.54) is 5.56 Å². The van der Waals surface area contributed by atoms with Gasteiger partial charge in [0.1, 0.15) is 12.4 Å². The third kappa shape index (κ3) is 4.53. The minimum Gasteiger partial charge on any atom is -0.492 e. The van der Waals surface area contributed by atoms with Gasteiger partial charge in [-0.3, -0.25) is 4.90 Å². The van der Waals surface area contributed by atoms with E-state index in [9.17, 15) is 5.11 Å². The highest BCUT2D eigenvalue weighted by Crippen LogP contribution is 2.36. The predicted octanol–water partition coefficient (Wildman–Crippen LogP) is 4.48. The zero-order valence-electron chi connectivity index (χ0n) is 17.5. The lowest BCUT2D eigenvalue weighted by molar-refractivity contribution is 0.167. The molecule has 2 aliphatic rings. The van der Waals surface area contributed by atoms with Crippen molar-refractivity contribution >= 4 is 0 Å². The normalized spacial score (nSPS) is 16.3. The molecule has 31 heavy (non-hydrogen) atoms. The molecule has 160 valence electrons. The van der Waals surface area contributed by atoms with Crippen LogP contribution in [0.15, 0.2) is 66.7 Å². The van der Waals surface area contributed by atoms with Crippen molar-refractivity contribution in [2.45, 2.75) is 32.0 Å². The molecule has 2 aliphatic heterocycles. The molecule has 0 fully saturated rings. The molecule has 0 bridgehead atoms. The molecule has 5 heteroatoms. The number of benzene rings is 3. The summed E-state index contributed by atoms with van der Waals surface area (Å²) in [6.07, 6.45) is 1.05. The van der Waals surface area contributed by atoms with Crippen LogP contribution in [0.4, 0.5) is 0 Å². The number of aliphatic hydroxyl groups is 1. The molecular formula is C26H27NO4. The molecule has 1 N–H and O–H groups in total. The van der Waals surface area contributed by atoms with Gasteiger partial charge in [-0.1, -0.05) is 48.5 Å². The van der Waals surface area contributed by atoms with Crippen molar-refractivity contribution in [3.05, 3.63) is 89.0 Å². The minimum atomic E-state index is -0.495. The van der Waals surface area contributed by atoms with Crippen molar-refractivity contribution in [3.8, 4) is 17.2 Å². The van der Waals surface area contributed by atoms with Crippen molar-refractivity contribution in [3.63, 3.8) is 0 Å². The van der Waals surface area contributed by atoms with Gasteiger partial charge in [0.2, 0.25) is 6.79 Å². The van der Waals surface area contributed by atoms with Crippen molar-refractivity contribution in [2.24, 2.45) is 0 Å². The predicted molar refractivity (Wildman–Crippen MR) is 118 cm³/mol. The van der Waals surface area contributed by atoms with Crippen LogP contribution in [0, 0.1) is 0 Å². The average molecular weight is 418 g/mol. The minimum absolute atomic E-state index is 0.280. The lowest BCUT2D eigenvalue weighted by atomic mass is 9.99. The van der Waals surface area contributed by atoms with E-state index < -0.39 is 6.10 Å². The number of rotatable bonds is 6. The Bertz CT molecular complexity index is 1040.